The van der Waals surface area contributed by atoms with Crippen LogP contribution >= 0.6 is 0 Å². The second kappa shape index (κ2) is 6.00. The zero-order valence-electron chi connectivity index (χ0n) is 10.6. The Hall–Kier alpha value is -1.36. The van der Waals surface area contributed by atoms with E-state index in [0.717, 1.165) is 25.7 Å². The van der Waals surface area contributed by atoms with E-state index in [-0.39, 0.29) is 17.9 Å². The second-order valence-electron chi connectivity index (χ2n) is 5.16. The zero-order valence-corrected chi connectivity index (χ0v) is 10.6. The van der Waals surface area contributed by atoms with Crippen molar-refractivity contribution in [2.45, 2.75) is 38.6 Å². The highest BCUT2D eigenvalue weighted by atomic mass is 16.3. The second-order valence-corrected chi connectivity index (χ2v) is 5.16. The lowest BCUT2D eigenvalue weighted by Crippen LogP contribution is -2.38. The van der Waals surface area contributed by atoms with Crippen LogP contribution in [0.2, 0.25) is 0 Å². The number of aryl methyl sites for hydroxylation is 1. The van der Waals surface area contributed by atoms with E-state index in [2.05, 4.69) is 10.4 Å². The molecule has 1 aromatic heterocycles. The molecule has 2 rings (SSSR count). The standard InChI is InChI=1S/C13H21N3O2/c17-11-13(5-1-2-6-13)10-14-12(18)4-9-16-8-3-7-15-16/h3,7-8,17H,1-2,4-6,9-11H2,(H,14,18). The van der Waals surface area contributed by atoms with Gasteiger partial charge in [-0.15, -0.1) is 0 Å². The average molecular weight is 251 g/mol. The smallest absolute Gasteiger partial charge is 0.221 e. The number of amides is 1. The molecule has 1 amide bonds. The first kappa shape index (κ1) is 13.1. The molecule has 1 fully saturated rings. The van der Waals surface area contributed by atoms with Crippen LogP contribution in [0.5, 0.6) is 0 Å². The van der Waals surface area contributed by atoms with Gasteiger partial charge in [0.05, 0.1) is 6.61 Å². The molecular formula is C13H21N3O2. The average Bonchev–Trinajstić information content (AvgIpc) is 3.06. The van der Waals surface area contributed by atoms with Gasteiger partial charge in [-0.05, 0) is 18.9 Å². The van der Waals surface area contributed by atoms with Crippen LogP contribution in [0.1, 0.15) is 32.1 Å². The Labute approximate surface area is 107 Å². The van der Waals surface area contributed by atoms with Crippen LogP contribution in [0.25, 0.3) is 0 Å². The maximum Gasteiger partial charge on any atom is 0.221 e. The molecule has 100 valence electrons. The van der Waals surface area contributed by atoms with Crippen molar-refractivity contribution in [3.8, 4) is 0 Å². The molecule has 1 aromatic rings. The highest BCUT2D eigenvalue weighted by Crippen LogP contribution is 2.36. The van der Waals surface area contributed by atoms with Crippen LogP contribution < -0.4 is 5.32 Å². The highest BCUT2D eigenvalue weighted by molar-refractivity contribution is 5.75. The molecule has 2 N–H and O–H groups in total. The summed E-state index contributed by atoms with van der Waals surface area (Å²) in [6.45, 7) is 1.37. The van der Waals surface area contributed by atoms with E-state index < -0.39 is 0 Å². The van der Waals surface area contributed by atoms with Gasteiger partial charge in [-0.25, -0.2) is 0 Å². The van der Waals surface area contributed by atoms with Gasteiger partial charge in [0.2, 0.25) is 5.91 Å². The van der Waals surface area contributed by atoms with Crippen LogP contribution in [-0.4, -0.2) is 33.9 Å². The third-order valence-electron chi connectivity index (χ3n) is 3.79. The largest absolute Gasteiger partial charge is 0.396 e. The molecule has 5 heteroatoms. The van der Waals surface area contributed by atoms with Crippen LogP contribution in [0.15, 0.2) is 18.5 Å². The fourth-order valence-electron chi connectivity index (χ4n) is 2.54. The summed E-state index contributed by atoms with van der Waals surface area (Å²) < 4.78 is 1.75. The molecule has 0 aromatic carbocycles. The van der Waals surface area contributed by atoms with E-state index in [1.54, 1.807) is 10.9 Å². The third-order valence-corrected chi connectivity index (χ3v) is 3.79. The van der Waals surface area contributed by atoms with Crippen LogP contribution in [0.4, 0.5) is 0 Å². The van der Waals surface area contributed by atoms with E-state index in [4.69, 9.17) is 0 Å². The van der Waals surface area contributed by atoms with Crippen LogP contribution in [-0.2, 0) is 11.3 Å². The maximum absolute atomic E-state index is 11.7. The van der Waals surface area contributed by atoms with Gasteiger partial charge in [0, 0.05) is 37.3 Å². The van der Waals surface area contributed by atoms with E-state index in [1.165, 1.54) is 0 Å². The molecule has 5 nitrogen and oxygen atoms in total. The van der Waals surface area contributed by atoms with Crippen molar-refractivity contribution in [2.75, 3.05) is 13.2 Å². The zero-order chi connectivity index (χ0) is 12.8. The van der Waals surface area contributed by atoms with Crippen molar-refractivity contribution < 1.29 is 9.90 Å². The molecule has 0 saturated heterocycles. The predicted octanol–water partition coefficient (Wildman–Crippen LogP) is 0.942. The van der Waals surface area contributed by atoms with Crippen LogP contribution in [0.3, 0.4) is 0 Å². The molecule has 0 atom stereocenters. The Morgan fingerprint density at radius 3 is 2.83 bits per heavy atom. The van der Waals surface area contributed by atoms with Crippen LogP contribution in [0, 0.1) is 5.41 Å². The molecule has 0 spiro atoms. The summed E-state index contributed by atoms with van der Waals surface area (Å²) in [6.07, 6.45) is 8.33. The van der Waals surface area contributed by atoms with Gasteiger partial charge in [-0.2, -0.15) is 5.10 Å². The number of carbonyl (C=O) groups excluding carboxylic acids is 1. The molecule has 1 aliphatic carbocycles. The summed E-state index contributed by atoms with van der Waals surface area (Å²) >= 11 is 0. The van der Waals surface area contributed by atoms with E-state index in [0.29, 0.717) is 19.5 Å². The number of aliphatic hydroxyl groups excluding tert-OH is 1. The summed E-state index contributed by atoms with van der Waals surface area (Å²) in [5.41, 5.74) is -0.0681. The van der Waals surface area contributed by atoms with Gasteiger partial charge < -0.3 is 10.4 Å². The third kappa shape index (κ3) is 3.32. The van der Waals surface area contributed by atoms with E-state index >= 15 is 0 Å². The quantitative estimate of drug-likeness (QED) is 0.790. The van der Waals surface area contributed by atoms with E-state index in [1.807, 2.05) is 12.3 Å². The van der Waals surface area contributed by atoms with Gasteiger partial charge in [-0.1, -0.05) is 12.8 Å². The minimum Gasteiger partial charge on any atom is -0.396 e. The van der Waals surface area contributed by atoms with Gasteiger partial charge in [0.15, 0.2) is 0 Å². The Morgan fingerprint density at radius 1 is 1.44 bits per heavy atom. The van der Waals surface area contributed by atoms with Crippen molar-refractivity contribution >= 4 is 5.91 Å². The van der Waals surface area contributed by atoms with Crippen molar-refractivity contribution in [3.05, 3.63) is 18.5 Å². The molecule has 1 saturated carbocycles. The predicted molar refractivity (Wildman–Crippen MR) is 67.8 cm³/mol. The number of aliphatic hydroxyl groups is 1. The molecule has 0 unspecified atom stereocenters. The number of nitrogens with one attached hydrogen (secondary N) is 1. The fraction of sp³-hybridized carbons (Fsp3) is 0.692. The summed E-state index contributed by atoms with van der Waals surface area (Å²) in [6, 6.07) is 1.84. The number of nitrogens with zero attached hydrogens (tertiary/aromatic N) is 2. The lowest BCUT2D eigenvalue weighted by molar-refractivity contribution is -0.122. The Morgan fingerprint density at radius 2 is 2.22 bits per heavy atom. The molecule has 1 aliphatic rings. The molecule has 18 heavy (non-hydrogen) atoms. The first-order valence-corrected chi connectivity index (χ1v) is 6.59. The Kier molecular flexibility index (Phi) is 4.36. The van der Waals surface area contributed by atoms with Gasteiger partial charge in [0.1, 0.15) is 0 Å². The summed E-state index contributed by atoms with van der Waals surface area (Å²) in [4.78, 5) is 11.7. The topological polar surface area (TPSA) is 67.2 Å². The first-order chi connectivity index (χ1) is 8.74. The SMILES string of the molecule is O=C(CCn1cccn1)NCC1(CO)CCCC1. The summed E-state index contributed by atoms with van der Waals surface area (Å²) in [5.74, 6) is 0.0326. The molecule has 0 radical (unpaired) electrons. The Bertz CT molecular complexity index is 370. The summed E-state index contributed by atoms with van der Waals surface area (Å²) in [7, 11) is 0. The normalized spacial score (nSPS) is 17.8. The fourth-order valence-corrected chi connectivity index (χ4v) is 2.54. The number of carbonyl (C=O) groups is 1. The van der Waals surface area contributed by atoms with Gasteiger partial charge in [0.25, 0.3) is 0 Å². The highest BCUT2D eigenvalue weighted by Gasteiger charge is 2.33. The van der Waals surface area contributed by atoms with Gasteiger partial charge in [-0.3, -0.25) is 9.48 Å². The van der Waals surface area contributed by atoms with Crippen molar-refractivity contribution in [2.24, 2.45) is 5.41 Å². The first-order valence-electron chi connectivity index (χ1n) is 6.59. The van der Waals surface area contributed by atoms with Crippen molar-refractivity contribution in [3.63, 3.8) is 0 Å². The summed E-state index contributed by atoms with van der Waals surface area (Å²) in [5, 5.41) is 16.4. The number of hydrogen-bond acceptors (Lipinski definition) is 3. The maximum atomic E-state index is 11.7. The van der Waals surface area contributed by atoms with Gasteiger partial charge >= 0.3 is 0 Å². The molecule has 1 heterocycles. The Balaban J connectivity index is 1.71. The lowest BCUT2D eigenvalue weighted by atomic mass is 9.87. The monoisotopic (exact) mass is 251 g/mol. The van der Waals surface area contributed by atoms with Crippen molar-refractivity contribution in [1.82, 2.24) is 15.1 Å². The van der Waals surface area contributed by atoms with E-state index in [9.17, 15) is 9.90 Å². The molecule has 0 aliphatic heterocycles. The minimum atomic E-state index is -0.0681. The lowest BCUT2D eigenvalue weighted by Gasteiger charge is -2.26. The number of aromatic nitrogens is 2. The minimum absolute atomic E-state index is 0.0326. The van der Waals surface area contributed by atoms with Crippen molar-refractivity contribution in [1.29, 1.82) is 0 Å². The number of hydrogen-bond donors (Lipinski definition) is 2. The number of rotatable bonds is 6. The molecular weight excluding hydrogens is 230 g/mol. The molecule has 0 bridgehead atoms.